The Morgan fingerprint density at radius 3 is 2.63 bits per heavy atom. The minimum atomic E-state index is 0.664. The van der Waals surface area contributed by atoms with Crippen molar-refractivity contribution in [1.82, 2.24) is 14.6 Å². The predicted molar refractivity (Wildman–Crippen MR) is 76.1 cm³/mol. The molecule has 0 aliphatic heterocycles. The third-order valence-electron chi connectivity index (χ3n) is 3.18. The lowest BCUT2D eigenvalue weighted by Crippen LogP contribution is -2.03. The molecule has 0 radical (unpaired) electrons. The maximum atomic E-state index is 4.42. The summed E-state index contributed by atoms with van der Waals surface area (Å²) in [5.74, 6) is 0.664. The second kappa shape index (κ2) is 5.10. The molecule has 0 saturated carbocycles. The van der Waals surface area contributed by atoms with Crippen LogP contribution in [0.15, 0.2) is 48.7 Å². The Kier molecular flexibility index (Phi) is 3.14. The Hall–Kier alpha value is -2.36. The number of nitrogens with one attached hydrogen (secondary N) is 1. The molecule has 3 aromatic rings. The van der Waals surface area contributed by atoms with Gasteiger partial charge in [-0.3, -0.25) is 0 Å². The van der Waals surface area contributed by atoms with E-state index in [-0.39, 0.29) is 0 Å². The number of pyridine rings is 1. The highest BCUT2D eigenvalue weighted by molar-refractivity contribution is 5.43. The lowest BCUT2D eigenvalue weighted by Gasteiger charge is -2.07. The normalized spacial score (nSPS) is 10.8. The van der Waals surface area contributed by atoms with Gasteiger partial charge in [-0.2, -0.15) is 4.98 Å². The van der Waals surface area contributed by atoms with E-state index < -0.39 is 0 Å². The molecule has 0 aliphatic rings. The van der Waals surface area contributed by atoms with Crippen molar-refractivity contribution in [2.24, 2.45) is 0 Å². The number of rotatable bonds is 4. The summed E-state index contributed by atoms with van der Waals surface area (Å²) in [6.07, 6.45) is 2.93. The maximum Gasteiger partial charge on any atom is 0.243 e. The number of hydrogen-bond acceptors (Lipinski definition) is 3. The molecule has 0 amide bonds. The summed E-state index contributed by atoms with van der Waals surface area (Å²) < 4.78 is 1.77. The largest absolute Gasteiger partial charge is 0.349 e. The van der Waals surface area contributed by atoms with Crippen molar-refractivity contribution in [2.45, 2.75) is 19.9 Å². The second-order valence-electron chi connectivity index (χ2n) is 4.41. The first-order chi connectivity index (χ1) is 9.36. The van der Waals surface area contributed by atoms with Crippen molar-refractivity contribution in [1.29, 1.82) is 0 Å². The van der Waals surface area contributed by atoms with Crippen molar-refractivity contribution < 1.29 is 0 Å². The van der Waals surface area contributed by atoms with Crippen LogP contribution in [0.5, 0.6) is 0 Å². The van der Waals surface area contributed by atoms with Gasteiger partial charge >= 0.3 is 0 Å². The zero-order chi connectivity index (χ0) is 13.1. The molecule has 0 unspecified atom stereocenters. The third kappa shape index (κ3) is 2.42. The van der Waals surface area contributed by atoms with Gasteiger partial charge in [-0.15, -0.1) is 5.10 Å². The van der Waals surface area contributed by atoms with Gasteiger partial charge in [0.15, 0.2) is 5.65 Å². The van der Waals surface area contributed by atoms with E-state index in [0.29, 0.717) is 5.95 Å². The molecule has 0 spiro atoms. The molecular weight excluding hydrogens is 236 g/mol. The average molecular weight is 252 g/mol. The van der Waals surface area contributed by atoms with E-state index in [1.54, 1.807) is 4.52 Å². The second-order valence-corrected chi connectivity index (χ2v) is 4.41. The first-order valence-electron chi connectivity index (χ1n) is 6.49. The highest BCUT2D eigenvalue weighted by Gasteiger charge is 2.03. The Balaban J connectivity index is 1.78. The quantitative estimate of drug-likeness (QED) is 0.776. The fraction of sp³-hybridized carbons (Fsp3) is 0.200. The summed E-state index contributed by atoms with van der Waals surface area (Å²) in [7, 11) is 0. The predicted octanol–water partition coefficient (Wildman–Crippen LogP) is 2.90. The number of nitrogens with zero attached hydrogens (tertiary/aromatic N) is 3. The van der Waals surface area contributed by atoms with Crippen molar-refractivity contribution in [3.8, 4) is 0 Å². The summed E-state index contributed by atoms with van der Waals surface area (Å²) in [6, 6.07) is 14.3. The average Bonchev–Trinajstić information content (AvgIpc) is 2.88. The van der Waals surface area contributed by atoms with Crippen molar-refractivity contribution in [2.75, 3.05) is 5.32 Å². The summed E-state index contributed by atoms with van der Waals surface area (Å²) in [5, 5.41) is 7.66. The lowest BCUT2D eigenvalue weighted by atomic mass is 10.1. The molecule has 96 valence electrons. The van der Waals surface area contributed by atoms with Crippen LogP contribution in [0.25, 0.3) is 5.65 Å². The Morgan fingerprint density at radius 1 is 1.05 bits per heavy atom. The summed E-state index contributed by atoms with van der Waals surface area (Å²) in [6.45, 7) is 2.92. The molecule has 2 aromatic heterocycles. The molecule has 4 heteroatoms. The van der Waals surface area contributed by atoms with E-state index in [0.717, 1.165) is 18.6 Å². The van der Waals surface area contributed by atoms with E-state index >= 15 is 0 Å². The standard InChI is InChI=1S/C15H16N4/c1-2-12-7-3-4-8-13(12)11-16-15-17-14-9-5-6-10-19(14)18-15/h3-10H,2,11H2,1H3,(H,16,18). The van der Waals surface area contributed by atoms with Crippen LogP contribution in [0, 0.1) is 0 Å². The van der Waals surface area contributed by atoms with Crippen LogP contribution >= 0.6 is 0 Å². The van der Waals surface area contributed by atoms with Crippen molar-refractivity contribution >= 4 is 11.6 Å². The van der Waals surface area contributed by atoms with Gasteiger partial charge in [0.1, 0.15) is 0 Å². The first-order valence-corrected chi connectivity index (χ1v) is 6.49. The maximum absolute atomic E-state index is 4.42. The number of fused-ring (bicyclic) bond motifs is 1. The summed E-state index contributed by atoms with van der Waals surface area (Å²) in [5.41, 5.74) is 3.51. The number of benzene rings is 1. The molecule has 0 fully saturated rings. The van der Waals surface area contributed by atoms with Crippen molar-refractivity contribution in [3.05, 3.63) is 59.8 Å². The molecule has 19 heavy (non-hydrogen) atoms. The minimum absolute atomic E-state index is 0.664. The zero-order valence-electron chi connectivity index (χ0n) is 10.9. The molecule has 1 aromatic carbocycles. The van der Waals surface area contributed by atoms with E-state index in [2.05, 4.69) is 46.6 Å². The topological polar surface area (TPSA) is 42.2 Å². The van der Waals surface area contributed by atoms with Crippen LogP contribution in [0.3, 0.4) is 0 Å². The fourth-order valence-electron chi connectivity index (χ4n) is 2.16. The lowest BCUT2D eigenvalue weighted by molar-refractivity contribution is 0.945. The third-order valence-corrected chi connectivity index (χ3v) is 3.18. The number of anilines is 1. The van der Waals surface area contributed by atoms with Gasteiger partial charge in [0.05, 0.1) is 0 Å². The van der Waals surface area contributed by atoms with E-state index in [9.17, 15) is 0 Å². The van der Waals surface area contributed by atoms with Gasteiger partial charge in [0, 0.05) is 12.7 Å². The SMILES string of the molecule is CCc1ccccc1CNc1nc2ccccn2n1. The van der Waals surface area contributed by atoms with E-state index in [1.165, 1.54) is 11.1 Å². The van der Waals surface area contributed by atoms with Crippen LogP contribution in [0.4, 0.5) is 5.95 Å². The van der Waals surface area contributed by atoms with Crippen LogP contribution in [-0.2, 0) is 13.0 Å². The van der Waals surface area contributed by atoms with Gasteiger partial charge in [0.2, 0.25) is 5.95 Å². The molecule has 3 rings (SSSR count). The molecule has 2 heterocycles. The minimum Gasteiger partial charge on any atom is -0.349 e. The Morgan fingerprint density at radius 2 is 1.84 bits per heavy atom. The van der Waals surface area contributed by atoms with E-state index in [4.69, 9.17) is 0 Å². The van der Waals surface area contributed by atoms with Crippen LogP contribution in [0.1, 0.15) is 18.1 Å². The highest BCUT2D eigenvalue weighted by Crippen LogP contribution is 2.12. The molecule has 0 saturated heterocycles. The van der Waals surface area contributed by atoms with Crippen LogP contribution in [-0.4, -0.2) is 14.6 Å². The van der Waals surface area contributed by atoms with Crippen LogP contribution in [0.2, 0.25) is 0 Å². The van der Waals surface area contributed by atoms with Gasteiger partial charge in [-0.05, 0) is 29.7 Å². The number of aryl methyl sites for hydroxylation is 1. The van der Waals surface area contributed by atoms with Gasteiger partial charge < -0.3 is 5.32 Å². The number of hydrogen-bond donors (Lipinski definition) is 1. The molecule has 0 aliphatic carbocycles. The van der Waals surface area contributed by atoms with Gasteiger partial charge in [-0.1, -0.05) is 37.3 Å². The smallest absolute Gasteiger partial charge is 0.243 e. The fourth-order valence-corrected chi connectivity index (χ4v) is 2.16. The first kappa shape index (κ1) is 11.7. The number of aromatic nitrogens is 3. The Bertz CT molecular complexity index is 654. The highest BCUT2D eigenvalue weighted by atomic mass is 15.3. The molecular formula is C15H16N4. The molecule has 4 nitrogen and oxygen atoms in total. The van der Waals surface area contributed by atoms with E-state index in [1.807, 2.05) is 24.4 Å². The van der Waals surface area contributed by atoms with Gasteiger partial charge in [-0.25, -0.2) is 4.52 Å². The Labute approximate surface area is 112 Å². The van der Waals surface area contributed by atoms with Crippen LogP contribution < -0.4 is 5.32 Å². The van der Waals surface area contributed by atoms with Gasteiger partial charge in [0.25, 0.3) is 0 Å². The molecule has 1 N–H and O–H groups in total. The zero-order valence-corrected chi connectivity index (χ0v) is 10.9. The summed E-state index contributed by atoms with van der Waals surface area (Å²) >= 11 is 0. The monoisotopic (exact) mass is 252 g/mol. The van der Waals surface area contributed by atoms with Crippen molar-refractivity contribution in [3.63, 3.8) is 0 Å². The molecule has 0 atom stereocenters. The molecule has 0 bridgehead atoms. The summed E-state index contributed by atoms with van der Waals surface area (Å²) in [4.78, 5) is 4.42.